The molecule has 0 radical (unpaired) electrons. The van der Waals surface area contributed by atoms with E-state index in [9.17, 15) is 14.4 Å². The monoisotopic (exact) mass is 736 g/mol. The maximum Gasteiger partial charge on any atom is 0.261 e. The molecule has 3 amide bonds. The Hall–Kier alpha value is -5.17. The number of aromatic nitrogens is 3. The van der Waals surface area contributed by atoms with Gasteiger partial charge in [0.05, 0.1) is 30.7 Å². The molecule has 3 aromatic carbocycles. The van der Waals surface area contributed by atoms with Crippen molar-refractivity contribution in [1.82, 2.24) is 25.4 Å². The second-order valence-corrected chi connectivity index (χ2v) is 14.4. The highest BCUT2D eigenvalue weighted by Gasteiger charge is 2.32. The number of carbonyl (C=O) groups is 3. The predicted molar refractivity (Wildman–Crippen MR) is 199 cm³/mol. The van der Waals surface area contributed by atoms with Crippen molar-refractivity contribution < 1.29 is 23.9 Å². The summed E-state index contributed by atoms with van der Waals surface area (Å²) in [5, 5.41) is 15.8. The van der Waals surface area contributed by atoms with Crippen LogP contribution in [0.15, 0.2) is 71.7 Å². The molecule has 0 saturated heterocycles. The third-order valence-corrected chi connectivity index (χ3v) is 10.6. The molecule has 2 aromatic heterocycles. The number of rotatable bonds is 12. The van der Waals surface area contributed by atoms with E-state index in [0.717, 1.165) is 51.6 Å². The highest BCUT2D eigenvalue weighted by atomic mass is 35.5. The van der Waals surface area contributed by atoms with Gasteiger partial charge in [-0.1, -0.05) is 48.0 Å². The Bertz CT molecular complexity index is 2210. The lowest BCUT2D eigenvalue weighted by Gasteiger charge is -2.18. The molecule has 0 saturated carbocycles. The Kier molecular flexibility index (Phi) is 10.3. The van der Waals surface area contributed by atoms with Gasteiger partial charge in [-0.2, -0.15) is 0 Å². The van der Waals surface area contributed by atoms with Gasteiger partial charge in [-0.3, -0.25) is 29.3 Å². The van der Waals surface area contributed by atoms with E-state index in [-0.39, 0.29) is 24.7 Å². The van der Waals surface area contributed by atoms with E-state index in [2.05, 4.69) is 34.7 Å². The van der Waals surface area contributed by atoms with Crippen LogP contribution in [-0.2, 0) is 27.2 Å². The topological polar surface area (TPSA) is 137 Å². The number of imide groups is 1. The fourth-order valence-corrected chi connectivity index (χ4v) is 7.83. The number of nitrogens with zero attached hydrogens (tertiary/aromatic N) is 4. The summed E-state index contributed by atoms with van der Waals surface area (Å²) in [6.07, 6.45) is 1.77. The molecule has 1 atom stereocenters. The number of hydrogen-bond donors (Lipinski definition) is 2. The van der Waals surface area contributed by atoms with Crippen molar-refractivity contribution >= 4 is 46.4 Å². The third kappa shape index (κ3) is 7.41. The molecule has 266 valence electrons. The summed E-state index contributed by atoms with van der Waals surface area (Å²) in [5.74, 6) is 1.47. The SMILES string of the molecule is Cc1sc2c(c1C)C(c1ccc(Cl)cc1)=N[C@@H](CC(=O)NCCOCCCc1cccc(Oc3cccc4c3C(=O)NC(=O)C4)c1)c1nnc(C)n1-2. The fraction of sp³-hybridized carbons (Fsp3) is 0.282. The average Bonchev–Trinajstić information content (AvgIpc) is 3.59. The van der Waals surface area contributed by atoms with Crippen molar-refractivity contribution in [2.24, 2.45) is 4.99 Å². The average molecular weight is 737 g/mol. The summed E-state index contributed by atoms with van der Waals surface area (Å²) in [5.41, 5.74) is 5.98. The predicted octanol–water partition coefficient (Wildman–Crippen LogP) is 6.56. The molecule has 4 heterocycles. The van der Waals surface area contributed by atoms with Crippen LogP contribution in [0.3, 0.4) is 0 Å². The first-order chi connectivity index (χ1) is 25.2. The quantitative estimate of drug-likeness (QED) is 0.109. The minimum absolute atomic E-state index is 0.106. The molecule has 7 rings (SSSR count). The summed E-state index contributed by atoms with van der Waals surface area (Å²) in [7, 11) is 0. The molecule has 2 N–H and O–H groups in total. The van der Waals surface area contributed by atoms with E-state index < -0.39 is 11.9 Å². The van der Waals surface area contributed by atoms with Crippen molar-refractivity contribution in [1.29, 1.82) is 0 Å². The van der Waals surface area contributed by atoms with Crippen LogP contribution < -0.4 is 15.4 Å². The van der Waals surface area contributed by atoms with Crippen LogP contribution in [0.4, 0.5) is 0 Å². The maximum atomic E-state index is 13.3. The van der Waals surface area contributed by atoms with E-state index in [1.54, 1.807) is 29.5 Å². The largest absolute Gasteiger partial charge is 0.457 e. The number of thiophene rings is 1. The number of hydrogen-bond acceptors (Lipinski definition) is 9. The van der Waals surface area contributed by atoms with Gasteiger partial charge in [-0.15, -0.1) is 21.5 Å². The Morgan fingerprint density at radius 3 is 2.65 bits per heavy atom. The molecule has 0 aliphatic carbocycles. The smallest absolute Gasteiger partial charge is 0.261 e. The number of halogens is 1. The van der Waals surface area contributed by atoms with Gasteiger partial charge >= 0.3 is 0 Å². The van der Waals surface area contributed by atoms with Crippen molar-refractivity contribution in [2.75, 3.05) is 19.8 Å². The Morgan fingerprint density at radius 2 is 1.83 bits per heavy atom. The highest BCUT2D eigenvalue weighted by molar-refractivity contribution is 7.15. The fourth-order valence-electron chi connectivity index (χ4n) is 6.49. The summed E-state index contributed by atoms with van der Waals surface area (Å²) < 4.78 is 14.0. The van der Waals surface area contributed by atoms with Crippen LogP contribution in [0.2, 0.25) is 5.02 Å². The number of amides is 3. The van der Waals surface area contributed by atoms with Crippen molar-refractivity contribution in [3.8, 4) is 16.5 Å². The zero-order valence-corrected chi connectivity index (χ0v) is 30.6. The molecular weight excluding hydrogens is 700 g/mol. The van der Waals surface area contributed by atoms with Gasteiger partial charge in [0.15, 0.2) is 5.82 Å². The minimum atomic E-state index is -0.541. The van der Waals surface area contributed by atoms with Crippen LogP contribution in [-0.4, -0.2) is 58.0 Å². The van der Waals surface area contributed by atoms with Gasteiger partial charge in [0, 0.05) is 34.2 Å². The number of nitrogens with one attached hydrogen (secondary N) is 2. The van der Waals surface area contributed by atoms with E-state index in [1.165, 1.54) is 4.88 Å². The molecule has 52 heavy (non-hydrogen) atoms. The van der Waals surface area contributed by atoms with E-state index in [1.807, 2.05) is 60.0 Å². The number of benzene rings is 3. The van der Waals surface area contributed by atoms with Crippen molar-refractivity contribution in [3.05, 3.63) is 122 Å². The molecular formula is C39H37ClN6O5S. The van der Waals surface area contributed by atoms with Gasteiger partial charge < -0.3 is 14.8 Å². The van der Waals surface area contributed by atoms with E-state index in [4.69, 9.17) is 26.1 Å². The van der Waals surface area contributed by atoms with Gasteiger partial charge in [0.2, 0.25) is 11.8 Å². The van der Waals surface area contributed by atoms with Crippen LogP contribution in [0.1, 0.15) is 73.6 Å². The summed E-state index contributed by atoms with van der Waals surface area (Å²) >= 11 is 7.89. The summed E-state index contributed by atoms with van der Waals surface area (Å²) in [6.45, 7) is 7.36. The second kappa shape index (κ2) is 15.2. The maximum absolute atomic E-state index is 13.3. The molecule has 13 heteroatoms. The van der Waals surface area contributed by atoms with Crippen molar-refractivity contribution in [2.45, 2.75) is 52.5 Å². The van der Waals surface area contributed by atoms with Crippen LogP contribution in [0.5, 0.6) is 11.5 Å². The Labute approximate surface area is 310 Å². The zero-order chi connectivity index (χ0) is 36.4. The molecule has 2 aliphatic rings. The standard InChI is InChI=1S/C39H37ClN6O5S/c1-22-23(2)52-39-34(22)36(26-12-14-28(40)15-13-26)42-30(37-45-44-24(3)46(37)39)21-32(47)41-16-18-50-17-6-8-25-7-4-10-29(19-25)51-31-11-5-9-27-20-33(48)43-38(49)35(27)31/h4-5,7,9-15,19,30H,6,8,16-18,20-21H2,1-3H3,(H,41,47)(H,43,48,49)/t30-/m0/s1. The number of aryl methyl sites for hydroxylation is 3. The lowest BCUT2D eigenvalue weighted by Crippen LogP contribution is -2.37. The molecule has 2 aliphatic heterocycles. The molecule has 0 spiro atoms. The van der Waals surface area contributed by atoms with Gasteiger partial charge in [-0.05, 0) is 80.6 Å². The first-order valence-corrected chi connectivity index (χ1v) is 18.3. The van der Waals surface area contributed by atoms with E-state index in [0.29, 0.717) is 53.2 Å². The van der Waals surface area contributed by atoms with Gasteiger partial charge in [-0.25, -0.2) is 0 Å². The second-order valence-electron chi connectivity index (χ2n) is 12.8. The lowest BCUT2D eigenvalue weighted by atomic mass is 9.99. The third-order valence-electron chi connectivity index (χ3n) is 9.13. The van der Waals surface area contributed by atoms with Crippen LogP contribution in [0.25, 0.3) is 5.00 Å². The number of fused-ring (bicyclic) bond motifs is 4. The Balaban J connectivity index is 0.923. The Morgan fingerprint density at radius 1 is 1.02 bits per heavy atom. The lowest BCUT2D eigenvalue weighted by molar-refractivity contribution is -0.122. The van der Waals surface area contributed by atoms with Crippen LogP contribution >= 0.6 is 22.9 Å². The minimum Gasteiger partial charge on any atom is -0.457 e. The number of aliphatic imine (C=N–C) groups is 1. The van der Waals surface area contributed by atoms with E-state index >= 15 is 0 Å². The number of ether oxygens (including phenoxy) is 2. The summed E-state index contributed by atoms with van der Waals surface area (Å²) in [6, 6.07) is 20.0. The zero-order valence-electron chi connectivity index (χ0n) is 29.0. The molecule has 0 unspecified atom stereocenters. The first kappa shape index (κ1) is 35.2. The normalized spacial score (nSPS) is 14.8. The van der Waals surface area contributed by atoms with Gasteiger partial charge in [0.1, 0.15) is 28.4 Å². The first-order valence-electron chi connectivity index (χ1n) is 17.1. The van der Waals surface area contributed by atoms with Crippen LogP contribution in [0, 0.1) is 20.8 Å². The molecule has 5 aromatic rings. The molecule has 0 fully saturated rings. The van der Waals surface area contributed by atoms with Crippen molar-refractivity contribution in [3.63, 3.8) is 0 Å². The summed E-state index contributed by atoms with van der Waals surface area (Å²) in [4.78, 5) is 43.8. The van der Waals surface area contributed by atoms with Gasteiger partial charge in [0.25, 0.3) is 5.91 Å². The number of carbonyl (C=O) groups excluding carboxylic acids is 3. The highest BCUT2D eigenvalue weighted by Crippen LogP contribution is 2.39. The molecule has 0 bridgehead atoms. The molecule has 11 nitrogen and oxygen atoms in total.